The molecule has 3 aromatic rings. The average molecular weight is 332 g/mol. The Morgan fingerprint density at radius 3 is 2.95 bits per heavy atom. The highest BCUT2D eigenvalue weighted by molar-refractivity contribution is 9.10. The molecule has 0 radical (unpaired) electrons. The van der Waals surface area contributed by atoms with Crippen molar-refractivity contribution in [3.8, 4) is 22.8 Å². The quantitative estimate of drug-likeness (QED) is 0.779. The number of H-pyrrole nitrogens is 1. The summed E-state index contributed by atoms with van der Waals surface area (Å²) >= 11 is 3.40. The number of nitrogens with one attached hydrogen (secondary N) is 1. The van der Waals surface area contributed by atoms with Crippen LogP contribution < -0.4 is 5.56 Å². The average Bonchev–Trinajstić information content (AvgIpc) is 2.85. The van der Waals surface area contributed by atoms with Crippen molar-refractivity contribution < 1.29 is 0 Å². The molecule has 0 fully saturated rings. The third-order valence-corrected chi connectivity index (χ3v) is 3.36. The normalized spacial score (nSPS) is 10.7. The Morgan fingerprint density at radius 1 is 1.40 bits per heavy atom. The van der Waals surface area contributed by atoms with Gasteiger partial charge >= 0.3 is 0 Å². The number of aromatic nitrogens is 5. The number of pyridine rings is 1. The van der Waals surface area contributed by atoms with Crippen LogP contribution in [-0.4, -0.2) is 24.7 Å². The Kier molecular flexibility index (Phi) is 3.19. The first kappa shape index (κ1) is 12.7. The van der Waals surface area contributed by atoms with E-state index < -0.39 is 0 Å². The third kappa shape index (κ3) is 2.39. The molecule has 0 aromatic carbocycles. The van der Waals surface area contributed by atoms with Gasteiger partial charge in [0.25, 0.3) is 5.56 Å². The van der Waals surface area contributed by atoms with Crippen LogP contribution in [0.2, 0.25) is 0 Å². The molecule has 3 heterocycles. The van der Waals surface area contributed by atoms with Crippen molar-refractivity contribution in [3.05, 3.63) is 51.6 Å². The highest BCUT2D eigenvalue weighted by Gasteiger charge is 2.10. The summed E-state index contributed by atoms with van der Waals surface area (Å²) in [5, 5.41) is 4.08. The molecule has 0 saturated heterocycles. The van der Waals surface area contributed by atoms with Gasteiger partial charge in [-0.1, -0.05) is 0 Å². The lowest BCUT2D eigenvalue weighted by atomic mass is 10.2. The Hall–Kier alpha value is -2.28. The van der Waals surface area contributed by atoms with E-state index in [1.165, 1.54) is 6.07 Å². The van der Waals surface area contributed by atoms with Gasteiger partial charge in [-0.2, -0.15) is 5.10 Å². The molecule has 6 nitrogen and oxygen atoms in total. The molecule has 0 amide bonds. The van der Waals surface area contributed by atoms with Crippen molar-refractivity contribution >= 4 is 15.9 Å². The summed E-state index contributed by atoms with van der Waals surface area (Å²) in [6.07, 6.45) is 5.12. The molecule has 1 N–H and O–H groups in total. The van der Waals surface area contributed by atoms with Crippen LogP contribution in [-0.2, 0) is 7.05 Å². The number of aromatic amines is 1. The van der Waals surface area contributed by atoms with Crippen molar-refractivity contribution in [2.45, 2.75) is 0 Å². The zero-order chi connectivity index (χ0) is 14.1. The van der Waals surface area contributed by atoms with Crippen molar-refractivity contribution in [3.63, 3.8) is 0 Å². The molecule has 100 valence electrons. The second-order valence-corrected chi connectivity index (χ2v) is 5.07. The lowest BCUT2D eigenvalue weighted by Crippen LogP contribution is -2.09. The van der Waals surface area contributed by atoms with Crippen molar-refractivity contribution in [2.75, 3.05) is 0 Å². The summed E-state index contributed by atoms with van der Waals surface area (Å²) in [5.41, 5.74) is 1.71. The zero-order valence-corrected chi connectivity index (χ0v) is 12.1. The Bertz CT molecular complexity index is 823. The number of hydrogen-bond acceptors (Lipinski definition) is 4. The van der Waals surface area contributed by atoms with E-state index in [1.54, 1.807) is 29.3 Å². The van der Waals surface area contributed by atoms with E-state index >= 15 is 0 Å². The summed E-state index contributed by atoms with van der Waals surface area (Å²) in [5.74, 6) is 0.420. The number of aryl methyl sites for hydroxylation is 1. The van der Waals surface area contributed by atoms with E-state index in [9.17, 15) is 4.79 Å². The molecule has 0 unspecified atom stereocenters. The van der Waals surface area contributed by atoms with Gasteiger partial charge in [0, 0.05) is 35.5 Å². The molecule has 0 aliphatic carbocycles. The third-order valence-electron chi connectivity index (χ3n) is 2.73. The van der Waals surface area contributed by atoms with Crippen LogP contribution in [0.25, 0.3) is 22.8 Å². The van der Waals surface area contributed by atoms with Crippen LogP contribution in [0.5, 0.6) is 0 Å². The van der Waals surface area contributed by atoms with E-state index in [2.05, 4.69) is 36.0 Å². The summed E-state index contributed by atoms with van der Waals surface area (Å²) in [6.45, 7) is 0. The standard InChI is InChI=1S/C13H10BrN5O/c1-19-7-8(6-16-19)10-5-11(20)18-13(17-10)12-9(14)3-2-4-15-12/h2-7H,1H3,(H,17,18,20). The molecule has 3 aromatic heterocycles. The van der Waals surface area contributed by atoms with Crippen LogP contribution in [0.4, 0.5) is 0 Å². The van der Waals surface area contributed by atoms with Crippen molar-refractivity contribution in [1.82, 2.24) is 24.7 Å². The highest BCUT2D eigenvalue weighted by atomic mass is 79.9. The summed E-state index contributed by atoms with van der Waals surface area (Å²) in [7, 11) is 1.81. The number of nitrogens with zero attached hydrogens (tertiary/aromatic N) is 4. The first-order valence-corrected chi connectivity index (χ1v) is 6.64. The van der Waals surface area contributed by atoms with Gasteiger partial charge in [0.05, 0.1) is 11.9 Å². The van der Waals surface area contributed by atoms with E-state index in [-0.39, 0.29) is 5.56 Å². The van der Waals surface area contributed by atoms with Crippen LogP contribution in [0.3, 0.4) is 0 Å². The number of rotatable bonds is 2. The van der Waals surface area contributed by atoms with Gasteiger partial charge in [-0.15, -0.1) is 0 Å². The molecule has 0 atom stereocenters. The molecule has 0 aliphatic heterocycles. The van der Waals surface area contributed by atoms with Gasteiger partial charge in [-0.25, -0.2) is 4.98 Å². The van der Waals surface area contributed by atoms with E-state index in [4.69, 9.17) is 0 Å². The maximum Gasteiger partial charge on any atom is 0.251 e. The predicted molar refractivity (Wildman–Crippen MR) is 78.0 cm³/mol. The second kappa shape index (κ2) is 5.01. The fraction of sp³-hybridized carbons (Fsp3) is 0.0769. The number of hydrogen-bond donors (Lipinski definition) is 1. The fourth-order valence-corrected chi connectivity index (χ4v) is 2.27. The molecule has 0 aliphatic rings. The van der Waals surface area contributed by atoms with Crippen LogP contribution in [0, 0.1) is 0 Å². The molecule has 0 spiro atoms. The smallest absolute Gasteiger partial charge is 0.251 e. The van der Waals surface area contributed by atoms with Crippen molar-refractivity contribution in [1.29, 1.82) is 0 Å². The Morgan fingerprint density at radius 2 is 2.25 bits per heavy atom. The van der Waals surface area contributed by atoms with Gasteiger partial charge in [0.15, 0.2) is 5.82 Å². The highest BCUT2D eigenvalue weighted by Crippen LogP contribution is 2.23. The molecule has 3 rings (SSSR count). The Labute approximate surface area is 122 Å². The maximum absolute atomic E-state index is 11.8. The van der Waals surface area contributed by atoms with Crippen LogP contribution >= 0.6 is 15.9 Å². The van der Waals surface area contributed by atoms with E-state index in [1.807, 2.05) is 13.1 Å². The fourth-order valence-electron chi connectivity index (χ4n) is 1.83. The van der Waals surface area contributed by atoms with Crippen LogP contribution in [0.1, 0.15) is 0 Å². The molecular weight excluding hydrogens is 322 g/mol. The van der Waals surface area contributed by atoms with Crippen LogP contribution in [0.15, 0.2) is 46.1 Å². The first-order chi connectivity index (χ1) is 9.63. The lowest BCUT2D eigenvalue weighted by Gasteiger charge is -2.04. The lowest BCUT2D eigenvalue weighted by molar-refractivity contribution is 0.768. The summed E-state index contributed by atoms with van der Waals surface area (Å²) < 4.78 is 2.43. The molecule has 20 heavy (non-hydrogen) atoms. The molecule has 0 saturated carbocycles. The minimum absolute atomic E-state index is 0.230. The Balaban J connectivity index is 2.17. The van der Waals surface area contributed by atoms with Gasteiger partial charge in [-0.3, -0.25) is 14.5 Å². The zero-order valence-electron chi connectivity index (χ0n) is 10.5. The van der Waals surface area contributed by atoms with Crippen molar-refractivity contribution in [2.24, 2.45) is 7.05 Å². The topological polar surface area (TPSA) is 76.5 Å². The van der Waals surface area contributed by atoms with Gasteiger partial charge in [0.1, 0.15) is 5.69 Å². The molecule has 7 heteroatoms. The van der Waals surface area contributed by atoms with Gasteiger partial charge in [-0.05, 0) is 28.1 Å². The summed E-state index contributed by atoms with van der Waals surface area (Å²) in [6, 6.07) is 5.09. The van der Waals surface area contributed by atoms with E-state index in [0.29, 0.717) is 17.2 Å². The minimum atomic E-state index is -0.230. The molecular formula is C13H10BrN5O. The SMILES string of the molecule is Cn1cc(-c2cc(=O)[nH]c(-c3ncccc3Br)n2)cn1. The first-order valence-electron chi connectivity index (χ1n) is 5.85. The molecule has 0 bridgehead atoms. The monoisotopic (exact) mass is 331 g/mol. The maximum atomic E-state index is 11.8. The van der Waals surface area contributed by atoms with E-state index in [0.717, 1.165) is 10.0 Å². The van der Waals surface area contributed by atoms with Gasteiger partial charge < -0.3 is 4.98 Å². The largest absolute Gasteiger partial charge is 0.305 e. The minimum Gasteiger partial charge on any atom is -0.305 e. The van der Waals surface area contributed by atoms with Gasteiger partial charge in [0.2, 0.25) is 0 Å². The second-order valence-electron chi connectivity index (χ2n) is 4.22. The predicted octanol–water partition coefficient (Wildman–Crippen LogP) is 1.99. The summed E-state index contributed by atoms with van der Waals surface area (Å²) in [4.78, 5) is 23.2. The number of halogens is 1.